The molecule has 0 aromatic carbocycles. The van der Waals surface area contributed by atoms with E-state index in [1.165, 1.54) is 0 Å². The van der Waals surface area contributed by atoms with Gasteiger partial charge in [-0.25, -0.2) is 0 Å². The van der Waals surface area contributed by atoms with Crippen molar-refractivity contribution in [2.75, 3.05) is 26.4 Å². The van der Waals surface area contributed by atoms with Crippen LogP contribution in [0.5, 0.6) is 0 Å². The summed E-state index contributed by atoms with van der Waals surface area (Å²) >= 11 is 0. The van der Waals surface area contributed by atoms with Gasteiger partial charge in [0.2, 0.25) is 0 Å². The molecule has 57 heavy (non-hydrogen) atoms. The Morgan fingerprint density at radius 2 is 0.667 bits per heavy atom. The standard InChI is InChI=1S/2C20H38O7S.Ca/c2*1-5-9-11-16(7-3)14-26-19(21)13-18(28(23,24)25)20(22)27-15-17(8-4)12-10-6-2;/h2*16-18H,5-15H2,1-4H3,(H,23,24,25);. The second-order valence-electron chi connectivity index (χ2n) is 14.7. The average molecular weight is 885 g/mol. The predicted molar refractivity (Wildman–Crippen MR) is 223 cm³/mol. The van der Waals surface area contributed by atoms with E-state index in [1.54, 1.807) is 0 Å². The fraction of sp³-hybridized carbons (Fsp3) is 0.900. The molecule has 0 fully saturated rings. The van der Waals surface area contributed by atoms with Crippen molar-refractivity contribution in [3.05, 3.63) is 0 Å². The van der Waals surface area contributed by atoms with Gasteiger partial charge in [-0.3, -0.25) is 28.3 Å². The van der Waals surface area contributed by atoms with Crippen LogP contribution in [-0.4, -0.2) is 124 Å². The van der Waals surface area contributed by atoms with Crippen molar-refractivity contribution in [2.45, 2.75) is 181 Å². The minimum absolute atomic E-state index is 0. The predicted octanol–water partition coefficient (Wildman–Crippen LogP) is 7.92. The van der Waals surface area contributed by atoms with Crippen LogP contribution in [0, 0.1) is 23.7 Å². The van der Waals surface area contributed by atoms with E-state index in [2.05, 4.69) is 27.7 Å². The third-order valence-electron chi connectivity index (χ3n) is 10.0. The largest absolute Gasteiger partial charge is 0.465 e. The summed E-state index contributed by atoms with van der Waals surface area (Å²) in [5.41, 5.74) is 0. The summed E-state index contributed by atoms with van der Waals surface area (Å²) in [6.07, 6.45) is 13.5. The molecule has 0 bridgehead atoms. The maximum atomic E-state index is 12.2. The number of ether oxygens (including phenoxy) is 4. The fourth-order valence-electron chi connectivity index (χ4n) is 5.64. The van der Waals surface area contributed by atoms with Gasteiger partial charge in [0.25, 0.3) is 20.2 Å². The molecular formula is C40H76CaO14S2. The number of carbonyl (C=O) groups excluding carboxylic acids is 4. The minimum Gasteiger partial charge on any atom is -0.465 e. The number of esters is 4. The third-order valence-corrected chi connectivity index (χ3v) is 12.2. The molecule has 6 atom stereocenters. The Morgan fingerprint density at radius 1 is 0.439 bits per heavy atom. The van der Waals surface area contributed by atoms with Gasteiger partial charge in [-0.2, -0.15) is 16.8 Å². The van der Waals surface area contributed by atoms with Crippen molar-refractivity contribution < 1.29 is 64.1 Å². The van der Waals surface area contributed by atoms with E-state index in [9.17, 15) is 45.1 Å². The van der Waals surface area contributed by atoms with Gasteiger partial charge in [0.15, 0.2) is 10.5 Å². The van der Waals surface area contributed by atoms with Gasteiger partial charge in [-0.05, 0) is 49.4 Å². The van der Waals surface area contributed by atoms with Crippen LogP contribution in [0.3, 0.4) is 0 Å². The Hall–Kier alpha value is -1.04. The van der Waals surface area contributed by atoms with Gasteiger partial charge in [0.1, 0.15) is 0 Å². The van der Waals surface area contributed by atoms with Crippen LogP contribution in [-0.2, 0) is 58.4 Å². The quantitative estimate of drug-likeness (QED) is 0.0284. The third kappa shape index (κ3) is 30.6. The summed E-state index contributed by atoms with van der Waals surface area (Å²) < 4.78 is 85.5. The molecule has 0 aliphatic rings. The van der Waals surface area contributed by atoms with E-state index in [0.29, 0.717) is 0 Å². The maximum absolute atomic E-state index is 12.2. The number of hydrogen-bond acceptors (Lipinski definition) is 12. The van der Waals surface area contributed by atoms with E-state index in [1.807, 2.05) is 27.7 Å². The number of carbonyl (C=O) groups is 4. The van der Waals surface area contributed by atoms with Crippen molar-refractivity contribution in [3.63, 3.8) is 0 Å². The van der Waals surface area contributed by atoms with Crippen molar-refractivity contribution in [2.24, 2.45) is 23.7 Å². The molecule has 0 aromatic heterocycles. The molecule has 2 radical (unpaired) electrons. The van der Waals surface area contributed by atoms with Crippen LogP contribution in [0.4, 0.5) is 0 Å². The van der Waals surface area contributed by atoms with Gasteiger partial charge in [0.05, 0.1) is 39.3 Å². The molecular weight excluding hydrogens is 809 g/mol. The Bertz CT molecular complexity index is 1190. The molecule has 0 rings (SSSR count). The summed E-state index contributed by atoms with van der Waals surface area (Å²) in [7, 11) is -9.53. The second kappa shape index (κ2) is 35.7. The first-order valence-electron chi connectivity index (χ1n) is 20.9. The van der Waals surface area contributed by atoms with Crippen molar-refractivity contribution in [1.29, 1.82) is 0 Å². The van der Waals surface area contributed by atoms with E-state index < -0.39 is 67.5 Å². The van der Waals surface area contributed by atoms with Crippen LogP contribution in [0.25, 0.3) is 0 Å². The molecule has 0 aliphatic carbocycles. The number of hydrogen-bond donors (Lipinski definition) is 2. The second-order valence-corrected chi connectivity index (χ2v) is 17.9. The molecule has 17 heteroatoms. The van der Waals surface area contributed by atoms with Gasteiger partial charge in [-0.15, -0.1) is 0 Å². The normalized spacial score (nSPS) is 14.6. The van der Waals surface area contributed by atoms with E-state index >= 15 is 0 Å². The summed E-state index contributed by atoms with van der Waals surface area (Å²) in [6.45, 7) is 16.7. The number of unbranched alkanes of at least 4 members (excludes halogenated alkanes) is 4. The van der Waals surface area contributed by atoms with Crippen LogP contribution in [0.1, 0.15) is 171 Å². The SMILES string of the molecule is CCCCC(CC)COC(=O)CC(C(=O)OCC(CC)CCCC)S(=O)(=O)O.CCCCC(CC)COC(=O)CC(C(=O)OCC(CC)CCCC)S(=O)(=O)O.[Ca]. The first-order valence-corrected chi connectivity index (χ1v) is 24.0. The Labute approximate surface area is 374 Å². The van der Waals surface area contributed by atoms with Crippen LogP contribution >= 0.6 is 0 Å². The van der Waals surface area contributed by atoms with Crippen LogP contribution < -0.4 is 0 Å². The fourth-order valence-corrected chi connectivity index (χ4v) is 6.96. The van der Waals surface area contributed by atoms with Crippen LogP contribution in [0.15, 0.2) is 0 Å². The van der Waals surface area contributed by atoms with Gasteiger partial charge in [0, 0.05) is 37.7 Å². The monoisotopic (exact) mass is 884 g/mol. The van der Waals surface area contributed by atoms with Crippen LogP contribution in [0.2, 0.25) is 0 Å². The zero-order valence-corrected chi connectivity index (χ0v) is 40.2. The molecule has 2 N–H and O–H groups in total. The summed E-state index contributed by atoms with van der Waals surface area (Å²) in [5, 5.41) is -3.89. The number of rotatable bonds is 32. The zero-order chi connectivity index (χ0) is 43.2. The molecule has 6 unspecified atom stereocenters. The molecule has 0 heterocycles. The summed E-state index contributed by atoms with van der Waals surface area (Å²) in [4.78, 5) is 48.4. The van der Waals surface area contributed by atoms with E-state index in [-0.39, 0.29) is 87.8 Å². The molecule has 0 saturated heterocycles. The zero-order valence-electron chi connectivity index (χ0n) is 36.3. The van der Waals surface area contributed by atoms with E-state index in [0.717, 1.165) is 103 Å². The van der Waals surface area contributed by atoms with Gasteiger partial charge < -0.3 is 18.9 Å². The maximum Gasteiger partial charge on any atom is 0.327 e. The average Bonchev–Trinajstić information content (AvgIpc) is 3.15. The molecule has 0 saturated carbocycles. The first kappa shape index (κ1) is 60.3. The van der Waals surface area contributed by atoms with Crippen molar-refractivity contribution in [1.82, 2.24) is 0 Å². The van der Waals surface area contributed by atoms with Crippen molar-refractivity contribution >= 4 is 81.9 Å². The Balaban J connectivity index is -0.00000101. The Morgan fingerprint density at radius 3 is 0.860 bits per heavy atom. The topological polar surface area (TPSA) is 214 Å². The molecule has 14 nitrogen and oxygen atoms in total. The smallest absolute Gasteiger partial charge is 0.327 e. The molecule has 0 amide bonds. The van der Waals surface area contributed by atoms with Gasteiger partial charge in [-0.1, -0.05) is 132 Å². The first-order chi connectivity index (χ1) is 26.4. The minimum atomic E-state index is -4.76. The van der Waals surface area contributed by atoms with E-state index in [4.69, 9.17) is 18.9 Å². The van der Waals surface area contributed by atoms with Crippen molar-refractivity contribution in [3.8, 4) is 0 Å². The Kier molecular flexibility index (Phi) is 37.7. The molecule has 0 aliphatic heterocycles. The molecule has 0 aromatic rings. The molecule has 334 valence electrons. The molecule has 0 spiro atoms. The summed E-state index contributed by atoms with van der Waals surface area (Å²) in [6, 6.07) is 0. The van der Waals surface area contributed by atoms with Gasteiger partial charge >= 0.3 is 23.9 Å². The summed E-state index contributed by atoms with van der Waals surface area (Å²) in [5.74, 6) is -3.21.